The molecule has 0 radical (unpaired) electrons. The van der Waals surface area contributed by atoms with Crippen LogP contribution in [0.1, 0.15) is 26.2 Å². The number of nitrogens with zero attached hydrogens (tertiary/aromatic N) is 3. The van der Waals surface area contributed by atoms with Crippen molar-refractivity contribution in [1.82, 2.24) is 14.6 Å². The summed E-state index contributed by atoms with van der Waals surface area (Å²) in [6.45, 7) is 7.42. The molecule has 0 amide bonds. The quantitative estimate of drug-likeness (QED) is 0.687. The normalized spacial score (nSPS) is 9.94. The van der Waals surface area contributed by atoms with Crippen LogP contribution in [0, 0.1) is 0 Å². The Balaban J connectivity index is 2.24. The first-order valence-corrected chi connectivity index (χ1v) is 5.82. The first-order chi connectivity index (χ1) is 8.26. The van der Waals surface area contributed by atoms with Crippen LogP contribution >= 0.6 is 0 Å². The monoisotopic (exact) mass is 237 g/mol. The number of imidazole rings is 1. The molecule has 0 N–H and O–H groups in total. The highest BCUT2D eigenvalue weighted by Crippen LogP contribution is 1.97. The maximum Gasteiger partial charge on any atom is 0.334 e. The van der Waals surface area contributed by atoms with Gasteiger partial charge >= 0.3 is 5.97 Å². The molecule has 0 aliphatic carbocycles. The van der Waals surface area contributed by atoms with E-state index in [9.17, 15) is 4.79 Å². The minimum absolute atomic E-state index is 0.272. The molecule has 17 heavy (non-hydrogen) atoms. The van der Waals surface area contributed by atoms with Gasteiger partial charge in [0.25, 0.3) is 0 Å². The molecule has 1 aromatic rings. The highest BCUT2D eigenvalue weighted by molar-refractivity contribution is 5.69. The summed E-state index contributed by atoms with van der Waals surface area (Å²) in [6, 6.07) is 0. The van der Waals surface area contributed by atoms with Gasteiger partial charge < -0.3 is 9.74 Å². The van der Waals surface area contributed by atoms with Crippen molar-refractivity contribution < 1.29 is 9.63 Å². The van der Waals surface area contributed by atoms with Crippen LogP contribution in [0.5, 0.6) is 0 Å². The summed E-state index contributed by atoms with van der Waals surface area (Å²) >= 11 is 0. The molecule has 0 aliphatic rings. The van der Waals surface area contributed by atoms with E-state index in [-0.39, 0.29) is 5.97 Å². The van der Waals surface area contributed by atoms with Crippen molar-refractivity contribution in [3.8, 4) is 0 Å². The average molecular weight is 237 g/mol. The van der Waals surface area contributed by atoms with E-state index in [0.29, 0.717) is 13.0 Å². The maximum atomic E-state index is 11.5. The van der Waals surface area contributed by atoms with E-state index in [0.717, 1.165) is 19.4 Å². The van der Waals surface area contributed by atoms with Gasteiger partial charge in [0.1, 0.15) is 6.33 Å². The number of unbranched alkanes of at least 4 members (excludes halogenated alkanes) is 1. The highest BCUT2D eigenvalue weighted by Gasteiger charge is 2.06. The second-order valence-electron chi connectivity index (χ2n) is 3.71. The van der Waals surface area contributed by atoms with Crippen molar-refractivity contribution in [2.24, 2.45) is 0 Å². The summed E-state index contributed by atoms with van der Waals surface area (Å²) in [7, 11) is 0. The van der Waals surface area contributed by atoms with E-state index in [1.54, 1.807) is 18.6 Å². The van der Waals surface area contributed by atoms with Crippen LogP contribution in [0.2, 0.25) is 0 Å². The topological polar surface area (TPSA) is 47.4 Å². The van der Waals surface area contributed by atoms with Crippen LogP contribution in [-0.4, -0.2) is 33.7 Å². The van der Waals surface area contributed by atoms with Crippen molar-refractivity contribution >= 4 is 5.97 Å². The Morgan fingerprint density at radius 2 is 2.41 bits per heavy atom. The van der Waals surface area contributed by atoms with Gasteiger partial charge in [-0.05, 0) is 12.6 Å². The fraction of sp³-hybridized carbons (Fsp3) is 0.500. The van der Waals surface area contributed by atoms with Crippen LogP contribution in [0.4, 0.5) is 0 Å². The zero-order chi connectivity index (χ0) is 12.5. The molecule has 5 nitrogen and oxygen atoms in total. The Bertz CT molecular complexity index is 336. The van der Waals surface area contributed by atoms with Crippen molar-refractivity contribution in [2.45, 2.75) is 26.2 Å². The molecule has 0 aliphatic heterocycles. The zero-order valence-electron chi connectivity index (χ0n) is 10.2. The number of hydrogen-bond donors (Lipinski definition) is 0. The molecule has 1 heterocycles. The molecule has 1 aromatic heterocycles. The Kier molecular flexibility index (Phi) is 5.85. The molecule has 0 saturated heterocycles. The molecule has 0 spiro atoms. The van der Waals surface area contributed by atoms with Gasteiger partial charge in [0.05, 0.1) is 12.6 Å². The number of rotatable bonds is 8. The zero-order valence-corrected chi connectivity index (χ0v) is 10.2. The lowest BCUT2D eigenvalue weighted by atomic mass is 10.3. The number of hydrogen-bond acceptors (Lipinski definition) is 4. The third-order valence-electron chi connectivity index (χ3n) is 2.35. The Morgan fingerprint density at radius 3 is 3.00 bits per heavy atom. The second kappa shape index (κ2) is 7.49. The fourth-order valence-electron chi connectivity index (χ4n) is 1.35. The molecule has 0 aromatic carbocycles. The van der Waals surface area contributed by atoms with Crippen LogP contribution in [0.3, 0.4) is 0 Å². The van der Waals surface area contributed by atoms with Gasteiger partial charge in [-0.2, -0.15) is 4.73 Å². The molecule has 1 rings (SSSR count). The summed E-state index contributed by atoms with van der Waals surface area (Å²) < 4.78 is 1.30. The molecule has 5 heteroatoms. The Hall–Kier alpha value is -1.78. The van der Waals surface area contributed by atoms with Crippen LogP contribution < -0.4 is 4.84 Å². The minimum atomic E-state index is -0.272. The van der Waals surface area contributed by atoms with E-state index in [1.165, 1.54) is 11.1 Å². The summed E-state index contributed by atoms with van der Waals surface area (Å²) in [5.74, 6) is -0.272. The Morgan fingerprint density at radius 1 is 1.59 bits per heavy atom. The van der Waals surface area contributed by atoms with Crippen LogP contribution in [0.25, 0.3) is 0 Å². The lowest BCUT2D eigenvalue weighted by Gasteiger charge is -2.18. The van der Waals surface area contributed by atoms with Crippen molar-refractivity contribution in [2.75, 3.05) is 13.1 Å². The van der Waals surface area contributed by atoms with Crippen LogP contribution in [-0.2, 0) is 4.79 Å². The van der Waals surface area contributed by atoms with E-state index in [2.05, 4.69) is 18.5 Å². The number of carbonyl (C=O) groups is 1. The van der Waals surface area contributed by atoms with E-state index in [1.807, 2.05) is 4.90 Å². The SMILES string of the molecule is C=CN(CCCC)CCC(=O)On1ccnc1. The molecular weight excluding hydrogens is 218 g/mol. The smallest absolute Gasteiger partial charge is 0.334 e. The fourth-order valence-corrected chi connectivity index (χ4v) is 1.35. The molecule has 0 unspecified atom stereocenters. The third kappa shape index (κ3) is 5.19. The summed E-state index contributed by atoms with van der Waals surface area (Å²) in [6.07, 6.45) is 8.92. The molecule has 0 fully saturated rings. The van der Waals surface area contributed by atoms with E-state index < -0.39 is 0 Å². The van der Waals surface area contributed by atoms with Gasteiger partial charge in [-0.3, -0.25) is 0 Å². The number of aromatic nitrogens is 2. The maximum absolute atomic E-state index is 11.5. The van der Waals surface area contributed by atoms with Gasteiger partial charge in [-0.15, -0.1) is 0 Å². The molecular formula is C12H19N3O2. The lowest BCUT2D eigenvalue weighted by Crippen LogP contribution is -2.26. The van der Waals surface area contributed by atoms with Crippen molar-refractivity contribution in [3.63, 3.8) is 0 Å². The first kappa shape index (κ1) is 13.3. The second-order valence-corrected chi connectivity index (χ2v) is 3.71. The largest absolute Gasteiger partial charge is 0.377 e. The van der Waals surface area contributed by atoms with Crippen molar-refractivity contribution in [3.05, 3.63) is 31.5 Å². The van der Waals surface area contributed by atoms with Gasteiger partial charge in [0, 0.05) is 19.3 Å². The van der Waals surface area contributed by atoms with Crippen LogP contribution in [0.15, 0.2) is 31.5 Å². The summed E-state index contributed by atoms with van der Waals surface area (Å²) in [5, 5.41) is 0. The Labute approximate surface area is 102 Å². The van der Waals surface area contributed by atoms with E-state index in [4.69, 9.17) is 4.84 Å². The number of carbonyl (C=O) groups excluding carboxylic acids is 1. The van der Waals surface area contributed by atoms with E-state index >= 15 is 0 Å². The third-order valence-corrected chi connectivity index (χ3v) is 2.35. The average Bonchev–Trinajstić information content (AvgIpc) is 2.82. The molecule has 0 bridgehead atoms. The summed E-state index contributed by atoms with van der Waals surface area (Å²) in [4.78, 5) is 22.3. The summed E-state index contributed by atoms with van der Waals surface area (Å²) in [5.41, 5.74) is 0. The molecule has 94 valence electrons. The van der Waals surface area contributed by atoms with Gasteiger partial charge in [-0.1, -0.05) is 19.9 Å². The standard InChI is InChI=1S/C12H19N3O2/c1-3-5-8-14(4-2)9-6-12(16)17-15-10-7-13-11-15/h4,7,10-11H,2-3,5-6,8-9H2,1H3. The lowest BCUT2D eigenvalue weighted by molar-refractivity contribution is -0.144. The van der Waals surface area contributed by atoms with Gasteiger partial charge in [0.2, 0.25) is 0 Å². The molecule has 0 saturated carbocycles. The highest BCUT2D eigenvalue weighted by atomic mass is 16.7. The first-order valence-electron chi connectivity index (χ1n) is 5.82. The van der Waals surface area contributed by atoms with Gasteiger partial charge in [-0.25, -0.2) is 9.78 Å². The molecule has 0 atom stereocenters. The van der Waals surface area contributed by atoms with Crippen molar-refractivity contribution in [1.29, 1.82) is 0 Å². The predicted molar refractivity (Wildman–Crippen MR) is 65.1 cm³/mol. The van der Waals surface area contributed by atoms with Gasteiger partial charge in [0.15, 0.2) is 0 Å². The minimum Gasteiger partial charge on any atom is -0.377 e. The predicted octanol–water partition coefficient (Wildman–Crippen LogP) is 1.47.